The van der Waals surface area contributed by atoms with Gasteiger partial charge in [-0.3, -0.25) is 4.79 Å². The fourth-order valence-corrected chi connectivity index (χ4v) is 9.75. The molecule has 1 aromatic heterocycles. The van der Waals surface area contributed by atoms with Gasteiger partial charge in [0.25, 0.3) is 0 Å². The van der Waals surface area contributed by atoms with E-state index in [4.69, 9.17) is 4.74 Å². The number of carbonyl (C=O) groups excluding carboxylic acids is 1. The van der Waals surface area contributed by atoms with Gasteiger partial charge < -0.3 is 9.64 Å². The number of amides is 1. The Bertz CT molecular complexity index is 1870. The average Bonchev–Trinajstić information content (AvgIpc) is 3.76. The highest BCUT2D eigenvalue weighted by Gasteiger charge is 2.73. The van der Waals surface area contributed by atoms with Gasteiger partial charge in [-0.2, -0.15) is 5.26 Å². The normalized spacial score (nSPS) is 31.9. The summed E-state index contributed by atoms with van der Waals surface area (Å²) in [6, 6.07) is 25.8. The molecule has 5 nitrogen and oxygen atoms in total. The Kier molecular flexibility index (Phi) is 5.68. The summed E-state index contributed by atoms with van der Waals surface area (Å²) in [5, 5.41) is 10.7. The van der Waals surface area contributed by atoms with Crippen LogP contribution in [-0.2, 0) is 20.5 Å². The Labute approximate surface area is 267 Å². The Morgan fingerprint density at radius 1 is 0.956 bits per heavy atom. The number of benzene rings is 3. The summed E-state index contributed by atoms with van der Waals surface area (Å²) in [5.41, 5.74) is 3.95. The smallest absolute Gasteiger partial charge is 0.233 e. The fourth-order valence-electron chi connectivity index (χ4n) is 8.89. The third-order valence-electron chi connectivity index (χ3n) is 11.8. The van der Waals surface area contributed by atoms with Crippen LogP contribution >= 0.6 is 11.3 Å². The molecule has 4 bridgehead atoms. The first-order chi connectivity index (χ1) is 21.7. The number of hydrogen-bond donors (Lipinski definition) is 0. The highest BCUT2D eigenvalue weighted by atomic mass is 32.1. The lowest BCUT2D eigenvalue weighted by atomic mass is 9.41. The molecule has 2 saturated heterocycles. The number of alkyl halides is 1. The molecule has 0 unspecified atom stereocenters. The van der Waals surface area contributed by atoms with Crippen LogP contribution in [0.3, 0.4) is 0 Å². The molecule has 4 aromatic rings. The van der Waals surface area contributed by atoms with E-state index in [1.807, 2.05) is 24.0 Å². The zero-order valence-electron chi connectivity index (χ0n) is 25.6. The predicted octanol–water partition coefficient (Wildman–Crippen LogP) is 8.54. The van der Waals surface area contributed by atoms with Gasteiger partial charge in [0, 0.05) is 17.6 Å². The van der Waals surface area contributed by atoms with E-state index in [0.717, 1.165) is 76.1 Å². The topological polar surface area (TPSA) is 66.2 Å². The van der Waals surface area contributed by atoms with Crippen molar-refractivity contribution >= 4 is 33.1 Å². The number of nitrogens with zero attached hydrogens (tertiary/aromatic N) is 3. The molecular formula is C38H36FN3O2S. The van der Waals surface area contributed by atoms with Crippen LogP contribution in [0.25, 0.3) is 21.3 Å². The van der Waals surface area contributed by atoms with Crippen molar-refractivity contribution in [2.75, 3.05) is 18.1 Å². The van der Waals surface area contributed by atoms with Crippen molar-refractivity contribution in [1.82, 2.24) is 4.98 Å². The van der Waals surface area contributed by atoms with Crippen LogP contribution in [-0.4, -0.2) is 29.7 Å². The Balaban J connectivity index is 0.994. The second-order valence-corrected chi connectivity index (χ2v) is 16.1. The first kappa shape index (κ1) is 27.7. The van der Waals surface area contributed by atoms with Gasteiger partial charge in [0.15, 0.2) is 0 Å². The monoisotopic (exact) mass is 617 g/mol. The molecule has 45 heavy (non-hydrogen) atoms. The van der Waals surface area contributed by atoms with Crippen LogP contribution in [0.5, 0.6) is 0 Å². The third-order valence-corrected chi connectivity index (χ3v) is 12.8. The van der Waals surface area contributed by atoms with Gasteiger partial charge >= 0.3 is 0 Å². The molecule has 2 aliphatic heterocycles. The second-order valence-electron chi connectivity index (χ2n) is 14.9. The molecule has 0 spiro atoms. The van der Waals surface area contributed by atoms with E-state index in [-0.39, 0.29) is 22.3 Å². The summed E-state index contributed by atoms with van der Waals surface area (Å²) in [7, 11) is 0. The molecule has 3 aromatic carbocycles. The minimum absolute atomic E-state index is 0.0755. The average molecular weight is 618 g/mol. The van der Waals surface area contributed by atoms with Crippen LogP contribution in [0.1, 0.15) is 73.9 Å². The van der Waals surface area contributed by atoms with Crippen molar-refractivity contribution in [3.05, 3.63) is 82.9 Å². The largest absolute Gasteiger partial charge is 0.370 e. The number of thiazole rings is 1. The van der Waals surface area contributed by atoms with Gasteiger partial charge in [-0.25, -0.2) is 9.37 Å². The van der Waals surface area contributed by atoms with Gasteiger partial charge in [0.05, 0.1) is 44.3 Å². The van der Waals surface area contributed by atoms with Crippen molar-refractivity contribution in [2.45, 2.75) is 81.4 Å². The quantitative estimate of drug-likeness (QED) is 0.208. The minimum atomic E-state index is -1.13. The minimum Gasteiger partial charge on any atom is -0.370 e. The number of ether oxygens (including phenoxy) is 1. The van der Waals surface area contributed by atoms with Crippen molar-refractivity contribution in [2.24, 2.45) is 10.8 Å². The first-order valence-electron chi connectivity index (χ1n) is 16.3. The predicted molar refractivity (Wildman–Crippen MR) is 174 cm³/mol. The summed E-state index contributed by atoms with van der Waals surface area (Å²) in [4.78, 5) is 20.9. The summed E-state index contributed by atoms with van der Waals surface area (Å²) in [5.74, 6) is 0.0755. The highest BCUT2D eigenvalue weighted by molar-refractivity contribution is 7.18. The molecule has 7 heteroatoms. The van der Waals surface area contributed by atoms with E-state index in [0.29, 0.717) is 32.4 Å². The highest BCUT2D eigenvalue weighted by Crippen LogP contribution is 2.70. The maximum atomic E-state index is 14.7. The van der Waals surface area contributed by atoms with Crippen LogP contribution in [0.2, 0.25) is 0 Å². The van der Waals surface area contributed by atoms with Crippen molar-refractivity contribution in [1.29, 1.82) is 5.26 Å². The summed E-state index contributed by atoms with van der Waals surface area (Å²) in [6.45, 7) is 3.21. The van der Waals surface area contributed by atoms with Crippen molar-refractivity contribution in [3.8, 4) is 17.2 Å². The van der Waals surface area contributed by atoms with Crippen LogP contribution in [0, 0.1) is 29.1 Å². The zero-order chi connectivity index (χ0) is 30.7. The van der Waals surface area contributed by atoms with E-state index >= 15 is 0 Å². The number of aromatic nitrogens is 1. The molecule has 228 valence electrons. The Morgan fingerprint density at radius 2 is 1.67 bits per heavy atom. The van der Waals surface area contributed by atoms with E-state index in [1.54, 1.807) is 11.3 Å². The van der Waals surface area contributed by atoms with E-state index in [9.17, 15) is 14.4 Å². The number of hydrogen-bond acceptors (Lipinski definition) is 5. The number of fused-ring (bicyclic) bond motifs is 4. The Morgan fingerprint density at radius 3 is 2.31 bits per heavy atom. The fraction of sp³-hybridized carbons (Fsp3) is 0.447. The SMILES string of the molecule is Cc1nc2ccc(-c3cccc(N(CC45CCC(c6ccc(C7(C#N)CC7)cc6)(CC4)OC5)C(=O)C45CC(F)(C4)C5)c3)cc2s1. The summed E-state index contributed by atoms with van der Waals surface area (Å²) >= 11 is 1.69. The lowest BCUT2D eigenvalue weighted by Crippen LogP contribution is -2.71. The van der Waals surface area contributed by atoms with Crippen molar-refractivity contribution in [3.63, 3.8) is 0 Å². The molecule has 5 aliphatic carbocycles. The Hall–Kier alpha value is -3.60. The van der Waals surface area contributed by atoms with Gasteiger partial charge in [-0.1, -0.05) is 42.5 Å². The molecule has 7 aliphatic rings. The number of rotatable bonds is 7. The number of carbonyl (C=O) groups is 1. The summed E-state index contributed by atoms with van der Waals surface area (Å²) < 4.78 is 22.6. The number of halogens is 1. The molecule has 0 N–H and O–H groups in total. The standard InChI is InChI=1S/C38H36FN3O2S/c1-25-41-31-10-5-27(18-32(31)45-25)26-3-2-4-30(17-26)42(33(43)36-19-37(39,20-36)21-36)23-34-11-15-38(16-12-34,44-24-34)29-8-6-28(7-9-29)35(22-40)13-14-35/h2-10,17-18H,11-16,19-21,23-24H2,1H3. The summed E-state index contributed by atoms with van der Waals surface area (Å²) in [6.07, 6.45) is 6.71. The lowest BCUT2D eigenvalue weighted by Gasteiger charge is -2.65. The van der Waals surface area contributed by atoms with Crippen molar-refractivity contribution < 1.29 is 13.9 Å². The molecule has 5 saturated carbocycles. The second kappa shape index (κ2) is 9.24. The van der Waals surface area contributed by atoms with E-state index < -0.39 is 11.1 Å². The van der Waals surface area contributed by atoms with Gasteiger partial charge in [0.1, 0.15) is 5.67 Å². The van der Waals surface area contributed by atoms with Gasteiger partial charge in [-0.15, -0.1) is 11.3 Å². The van der Waals surface area contributed by atoms with Gasteiger partial charge in [0.2, 0.25) is 5.91 Å². The third kappa shape index (κ3) is 4.18. The molecule has 11 rings (SSSR count). The van der Waals surface area contributed by atoms with Crippen LogP contribution in [0.4, 0.5) is 10.1 Å². The molecule has 0 atom stereocenters. The molecular weight excluding hydrogens is 582 g/mol. The van der Waals surface area contributed by atoms with Crippen LogP contribution in [0.15, 0.2) is 66.7 Å². The molecule has 0 radical (unpaired) electrons. The zero-order valence-corrected chi connectivity index (χ0v) is 26.4. The van der Waals surface area contributed by atoms with Gasteiger partial charge in [-0.05, 0) is 111 Å². The maximum absolute atomic E-state index is 14.7. The van der Waals surface area contributed by atoms with E-state index in [1.165, 1.54) is 5.56 Å². The van der Waals surface area contributed by atoms with E-state index in [2.05, 4.69) is 65.7 Å². The molecule has 3 heterocycles. The first-order valence-corrected chi connectivity index (χ1v) is 17.1. The maximum Gasteiger partial charge on any atom is 0.233 e. The number of anilines is 1. The van der Waals surface area contributed by atoms with Crippen LogP contribution < -0.4 is 4.90 Å². The molecule has 7 fully saturated rings. The number of aryl methyl sites for hydroxylation is 1. The molecule has 1 amide bonds. The lowest BCUT2D eigenvalue weighted by molar-refractivity contribution is -0.213. The number of nitriles is 1.